The first kappa shape index (κ1) is 8.62. The molecule has 1 fully saturated rings. The summed E-state index contributed by atoms with van der Waals surface area (Å²) in [5, 5.41) is 0. The Morgan fingerprint density at radius 2 is 2.46 bits per heavy atom. The zero-order chi connectivity index (χ0) is 9.26. The molecule has 5 heteroatoms. The summed E-state index contributed by atoms with van der Waals surface area (Å²) >= 11 is 1.08. The van der Waals surface area contributed by atoms with Gasteiger partial charge < -0.3 is 4.90 Å². The molecular weight excluding hydrogens is 186 g/mol. The third-order valence-corrected chi connectivity index (χ3v) is 3.00. The van der Waals surface area contributed by atoms with Gasteiger partial charge in [0.05, 0.1) is 17.9 Å². The lowest BCUT2D eigenvalue weighted by Gasteiger charge is -2.34. The molecule has 1 aromatic heterocycles. The van der Waals surface area contributed by atoms with E-state index in [0.717, 1.165) is 24.6 Å². The molecule has 0 aliphatic heterocycles. The van der Waals surface area contributed by atoms with Gasteiger partial charge in [0.2, 0.25) is 0 Å². The van der Waals surface area contributed by atoms with Gasteiger partial charge in [0.1, 0.15) is 0 Å². The van der Waals surface area contributed by atoms with Gasteiger partial charge in [-0.25, -0.2) is 0 Å². The zero-order valence-corrected chi connectivity index (χ0v) is 8.25. The molecule has 0 unspecified atom stereocenters. The van der Waals surface area contributed by atoms with Crippen LogP contribution in [-0.4, -0.2) is 32.6 Å². The highest BCUT2D eigenvalue weighted by molar-refractivity contribution is 6.99. The van der Waals surface area contributed by atoms with Crippen molar-refractivity contribution in [2.45, 2.75) is 25.3 Å². The minimum atomic E-state index is -0.00144. The van der Waals surface area contributed by atoms with Crippen molar-refractivity contribution in [2.24, 2.45) is 0 Å². The van der Waals surface area contributed by atoms with Gasteiger partial charge in [-0.2, -0.15) is 8.75 Å². The first-order valence-corrected chi connectivity index (χ1v) is 5.07. The van der Waals surface area contributed by atoms with E-state index in [9.17, 15) is 4.79 Å². The summed E-state index contributed by atoms with van der Waals surface area (Å²) in [4.78, 5) is 13.4. The first-order valence-electron chi connectivity index (χ1n) is 4.34. The summed E-state index contributed by atoms with van der Waals surface area (Å²) in [6.45, 7) is 0. The minimum absolute atomic E-state index is 0.00144. The van der Waals surface area contributed by atoms with Crippen LogP contribution in [0.1, 0.15) is 29.8 Å². The van der Waals surface area contributed by atoms with Crippen molar-refractivity contribution >= 4 is 17.6 Å². The molecule has 0 radical (unpaired) electrons. The number of carbonyl (C=O) groups excluding carboxylic acids is 1. The van der Waals surface area contributed by atoms with Crippen LogP contribution in [0.3, 0.4) is 0 Å². The highest BCUT2D eigenvalue weighted by Gasteiger charge is 2.27. The topological polar surface area (TPSA) is 46.1 Å². The summed E-state index contributed by atoms with van der Waals surface area (Å²) in [5.41, 5.74) is 0.472. The zero-order valence-electron chi connectivity index (χ0n) is 7.43. The number of aromatic nitrogens is 2. The highest BCUT2D eigenvalue weighted by Crippen LogP contribution is 2.24. The summed E-state index contributed by atoms with van der Waals surface area (Å²) in [6, 6.07) is 0.425. The van der Waals surface area contributed by atoms with Crippen LogP contribution in [0.25, 0.3) is 0 Å². The van der Waals surface area contributed by atoms with Crippen molar-refractivity contribution in [3.8, 4) is 0 Å². The van der Waals surface area contributed by atoms with Gasteiger partial charge >= 0.3 is 0 Å². The Morgan fingerprint density at radius 3 is 2.92 bits per heavy atom. The van der Waals surface area contributed by atoms with Gasteiger partial charge in [-0.3, -0.25) is 4.79 Å². The van der Waals surface area contributed by atoms with E-state index in [1.807, 2.05) is 7.05 Å². The van der Waals surface area contributed by atoms with Crippen molar-refractivity contribution in [3.63, 3.8) is 0 Å². The molecule has 0 N–H and O–H groups in total. The minimum Gasteiger partial charge on any atom is -0.337 e. The Balaban J connectivity index is 2.04. The molecule has 2 rings (SSSR count). The predicted molar refractivity (Wildman–Crippen MR) is 49.6 cm³/mol. The lowest BCUT2D eigenvalue weighted by Crippen LogP contribution is -2.41. The summed E-state index contributed by atoms with van der Waals surface area (Å²) in [7, 11) is 1.84. The lowest BCUT2D eigenvalue weighted by molar-refractivity contribution is 0.0647. The Hall–Kier alpha value is -0.970. The lowest BCUT2D eigenvalue weighted by atomic mass is 9.92. The average Bonchev–Trinajstić information content (AvgIpc) is 2.51. The van der Waals surface area contributed by atoms with E-state index in [0.29, 0.717) is 11.7 Å². The first-order chi connectivity index (χ1) is 6.29. The molecule has 0 spiro atoms. The maximum Gasteiger partial charge on any atom is 0.275 e. The van der Waals surface area contributed by atoms with Crippen LogP contribution in [0, 0.1) is 0 Å². The van der Waals surface area contributed by atoms with E-state index in [2.05, 4.69) is 8.75 Å². The molecule has 1 aromatic rings. The van der Waals surface area contributed by atoms with Crippen molar-refractivity contribution in [2.75, 3.05) is 7.05 Å². The van der Waals surface area contributed by atoms with Gasteiger partial charge in [-0.15, -0.1) is 0 Å². The fraction of sp³-hybridized carbons (Fsp3) is 0.625. The van der Waals surface area contributed by atoms with E-state index in [1.54, 1.807) is 4.90 Å². The molecular formula is C8H11N3OS. The number of nitrogens with zero attached hydrogens (tertiary/aromatic N) is 3. The summed E-state index contributed by atoms with van der Waals surface area (Å²) in [6.07, 6.45) is 5.01. The second-order valence-electron chi connectivity index (χ2n) is 3.29. The SMILES string of the molecule is CN(C(=O)c1cnsn1)C1CCC1. The number of hydrogen-bond donors (Lipinski definition) is 0. The molecule has 70 valence electrons. The molecule has 1 saturated carbocycles. The number of carbonyl (C=O) groups is 1. The molecule has 0 bridgehead atoms. The van der Waals surface area contributed by atoms with E-state index in [1.165, 1.54) is 12.6 Å². The molecule has 1 aliphatic carbocycles. The summed E-state index contributed by atoms with van der Waals surface area (Å²) < 4.78 is 7.73. The number of rotatable bonds is 2. The van der Waals surface area contributed by atoms with Crippen LogP contribution in [0.15, 0.2) is 6.20 Å². The average molecular weight is 197 g/mol. The molecule has 1 amide bonds. The maximum absolute atomic E-state index is 11.7. The van der Waals surface area contributed by atoms with Crippen LogP contribution >= 0.6 is 11.7 Å². The molecule has 1 heterocycles. The predicted octanol–water partition coefficient (Wildman–Crippen LogP) is 1.16. The Bertz CT molecular complexity index is 294. The molecule has 13 heavy (non-hydrogen) atoms. The van der Waals surface area contributed by atoms with Crippen molar-refractivity contribution < 1.29 is 4.79 Å². The largest absolute Gasteiger partial charge is 0.337 e. The smallest absolute Gasteiger partial charge is 0.275 e. The maximum atomic E-state index is 11.7. The van der Waals surface area contributed by atoms with Crippen LogP contribution in [0.5, 0.6) is 0 Å². The van der Waals surface area contributed by atoms with E-state index >= 15 is 0 Å². The number of hydrogen-bond acceptors (Lipinski definition) is 4. The van der Waals surface area contributed by atoms with Gasteiger partial charge in [0.15, 0.2) is 5.69 Å². The Morgan fingerprint density at radius 1 is 1.69 bits per heavy atom. The van der Waals surface area contributed by atoms with Gasteiger partial charge in [0.25, 0.3) is 5.91 Å². The van der Waals surface area contributed by atoms with Crippen molar-refractivity contribution in [1.29, 1.82) is 0 Å². The Labute approximate surface area is 80.9 Å². The highest BCUT2D eigenvalue weighted by atomic mass is 32.1. The van der Waals surface area contributed by atoms with Gasteiger partial charge in [-0.05, 0) is 19.3 Å². The van der Waals surface area contributed by atoms with Crippen LogP contribution in [0.4, 0.5) is 0 Å². The van der Waals surface area contributed by atoms with Crippen molar-refractivity contribution in [1.82, 2.24) is 13.6 Å². The van der Waals surface area contributed by atoms with Gasteiger partial charge in [-0.1, -0.05) is 0 Å². The fourth-order valence-electron chi connectivity index (χ4n) is 1.38. The quantitative estimate of drug-likeness (QED) is 0.714. The Kier molecular flexibility index (Phi) is 2.26. The van der Waals surface area contributed by atoms with Gasteiger partial charge in [0, 0.05) is 13.1 Å². The second-order valence-corrected chi connectivity index (χ2v) is 3.85. The van der Waals surface area contributed by atoms with E-state index in [-0.39, 0.29) is 5.91 Å². The van der Waals surface area contributed by atoms with Crippen LogP contribution in [-0.2, 0) is 0 Å². The standard InChI is InChI=1S/C8H11N3OS/c1-11(6-3-2-4-6)8(12)7-5-9-13-10-7/h5-6H,2-4H2,1H3. The normalized spacial score (nSPS) is 16.7. The third-order valence-electron chi connectivity index (χ3n) is 2.52. The molecule has 4 nitrogen and oxygen atoms in total. The second kappa shape index (κ2) is 3.41. The van der Waals surface area contributed by atoms with Crippen LogP contribution in [0.2, 0.25) is 0 Å². The fourth-order valence-corrected chi connectivity index (χ4v) is 1.79. The van der Waals surface area contributed by atoms with E-state index < -0.39 is 0 Å². The molecule has 0 atom stereocenters. The molecule has 0 saturated heterocycles. The monoisotopic (exact) mass is 197 g/mol. The molecule has 1 aliphatic rings. The van der Waals surface area contributed by atoms with Crippen molar-refractivity contribution in [3.05, 3.63) is 11.9 Å². The third kappa shape index (κ3) is 1.56. The number of amides is 1. The summed E-state index contributed by atoms with van der Waals surface area (Å²) in [5.74, 6) is -0.00144. The van der Waals surface area contributed by atoms with E-state index in [4.69, 9.17) is 0 Å². The molecule has 0 aromatic carbocycles. The van der Waals surface area contributed by atoms with Crippen LogP contribution < -0.4 is 0 Å².